The molecule has 2 aromatic carbocycles. The van der Waals surface area contributed by atoms with Gasteiger partial charge in [-0.3, -0.25) is 4.79 Å². The van der Waals surface area contributed by atoms with Gasteiger partial charge in [-0.2, -0.15) is 0 Å². The van der Waals surface area contributed by atoms with E-state index in [1.54, 1.807) is 24.3 Å². The lowest BCUT2D eigenvalue weighted by molar-refractivity contribution is 0.0695. The van der Waals surface area contributed by atoms with Crippen molar-refractivity contribution in [2.75, 3.05) is 7.11 Å². The number of ether oxygens (including phenoxy) is 1. The summed E-state index contributed by atoms with van der Waals surface area (Å²) in [5.41, 5.74) is -0.881. The minimum absolute atomic E-state index is 0.0640. The number of pyridine rings is 1. The molecule has 0 saturated carbocycles. The topological polar surface area (TPSA) is 68.5 Å². The second-order valence-electron chi connectivity index (χ2n) is 5.03. The van der Waals surface area contributed by atoms with Gasteiger partial charge in [0.05, 0.1) is 18.0 Å². The van der Waals surface area contributed by atoms with Gasteiger partial charge in [0.15, 0.2) is 11.6 Å². The SMILES string of the molecule is COc1ccc(-n2cc(C(=O)O)c(=O)c3cc(F)c(F)cc32)cc1. The number of rotatable bonds is 3. The van der Waals surface area contributed by atoms with Crippen LogP contribution in [0.1, 0.15) is 10.4 Å². The Hall–Kier alpha value is -3.22. The van der Waals surface area contributed by atoms with E-state index < -0.39 is 28.6 Å². The van der Waals surface area contributed by atoms with Crippen LogP contribution in [-0.4, -0.2) is 22.8 Å². The Morgan fingerprint density at radius 1 is 1.12 bits per heavy atom. The molecule has 0 saturated heterocycles. The van der Waals surface area contributed by atoms with Gasteiger partial charge < -0.3 is 14.4 Å². The number of carboxylic acids is 1. The van der Waals surface area contributed by atoms with Crippen molar-refractivity contribution in [1.29, 1.82) is 0 Å². The van der Waals surface area contributed by atoms with E-state index in [4.69, 9.17) is 4.74 Å². The first kappa shape index (κ1) is 15.7. The lowest BCUT2D eigenvalue weighted by Gasteiger charge is -2.13. The lowest BCUT2D eigenvalue weighted by Crippen LogP contribution is -2.18. The van der Waals surface area contributed by atoms with Crippen molar-refractivity contribution in [3.8, 4) is 11.4 Å². The van der Waals surface area contributed by atoms with Gasteiger partial charge in [-0.05, 0) is 30.3 Å². The van der Waals surface area contributed by atoms with E-state index >= 15 is 0 Å². The highest BCUT2D eigenvalue weighted by atomic mass is 19.2. The first-order valence-corrected chi connectivity index (χ1v) is 6.84. The fraction of sp³-hybridized carbons (Fsp3) is 0.0588. The Bertz CT molecular complexity index is 1010. The standard InChI is InChI=1S/C17H11F2NO4/c1-24-10-4-2-9(3-5-10)20-8-12(17(22)23)16(21)11-6-13(18)14(19)7-15(11)20/h2-8H,1H3,(H,22,23). The minimum Gasteiger partial charge on any atom is -0.497 e. The third kappa shape index (κ3) is 2.50. The van der Waals surface area contributed by atoms with E-state index in [0.29, 0.717) is 17.5 Å². The molecule has 0 amide bonds. The molecule has 1 aromatic heterocycles. The van der Waals surface area contributed by atoms with Gasteiger partial charge in [-0.1, -0.05) is 0 Å². The van der Waals surface area contributed by atoms with Crippen LogP contribution in [0.5, 0.6) is 5.75 Å². The summed E-state index contributed by atoms with van der Waals surface area (Å²) in [6, 6.07) is 8.03. The predicted molar refractivity (Wildman–Crippen MR) is 83.0 cm³/mol. The van der Waals surface area contributed by atoms with Gasteiger partial charge in [0.2, 0.25) is 5.43 Å². The van der Waals surface area contributed by atoms with E-state index in [2.05, 4.69) is 0 Å². The predicted octanol–water partition coefficient (Wildman–Crippen LogP) is 2.98. The van der Waals surface area contributed by atoms with Crippen molar-refractivity contribution < 1.29 is 23.4 Å². The molecule has 0 aliphatic rings. The fourth-order valence-corrected chi connectivity index (χ4v) is 2.43. The molecule has 0 fully saturated rings. The molecule has 0 atom stereocenters. The summed E-state index contributed by atoms with van der Waals surface area (Å²) in [6.45, 7) is 0. The highest BCUT2D eigenvalue weighted by molar-refractivity contribution is 5.93. The van der Waals surface area contributed by atoms with Crippen LogP contribution in [0.25, 0.3) is 16.6 Å². The molecule has 0 spiro atoms. The summed E-state index contributed by atoms with van der Waals surface area (Å²) in [5.74, 6) is -3.23. The summed E-state index contributed by atoms with van der Waals surface area (Å²) in [5, 5.41) is 8.98. The molecule has 3 aromatic rings. The van der Waals surface area contributed by atoms with E-state index in [0.717, 1.165) is 12.3 Å². The molecule has 3 rings (SSSR count). The minimum atomic E-state index is -1.45. The number of methoxy groups -OCH3 is 1. The van der Waals surface area contributed by atoms with E-state index in [1.807, 2.05) is 0 Å². The second-order valence-corrected chi connectivity index (χ2v) is 5.03. The van der Waals surface area contributed by atoms with Crippen LogP contribution in [0.15, 0.2) is 47.4 Å². The monoisotopic (exact) mass is 331 g/mol. The summed E-state index contributed by atoms with van der Waals surface area (Å²) in [7, 11) is 1.49. The Labute approximate surface area is 134 Å². The molecule has 0 radical (unpaired) electrons. The van der Waals surface area contributed by atoms with Gasteiger partial charge >= 0.3 is 5.97 Å². The fourth-order valence-electron chi connectivity index (χ4n) is 2.43. The van der Waals surface area contributed by atoms with Crippen LogP contribution in [-0.2, 0) is 0 Å². The third-order valence-electron chi connectivity index (χ3n) is 3.63. The zero-order chi connectivity index (χ0) is 17.4. The number of carbonyl (C=O) groups is 1. The third-order valence-corrected chi connectivity index (χ3v) is 3.63. The average Bonchev–Trinajstić information content (AvgIpc) is 2.57. The van der Waals surface area contributed by atoms with Crippen LogP contribution in [0, 0.1) is 11.6 Å². The highest BCUT2D eigenvalue weighted by Crippen LogP contribution is 2.22. The maximum Gasteiger partial charge on any atom is 0.341 e. The van der Waals surface area contributed by atoms with Crippen LogP contribution < -0.4 is 10.2 Å². The number of nitrogens with zero attached hydrogens (tertiary/aromatic N) is 1. The van der Waals surface area contributed by atoms with Crippen molar-refractivity contribution in [3.05, 3.63) is 70.0 Å². The highest BCUT2D eigenvalue weighted by Gasteiger charge is 2.17. The first-order valence-electron chi connectivity index (χ1n) is 6.84. The van der Waals surface area contributed by atoms with Crippen LogP contribution in [0.4, 0.5) is 8.78 Å². The molecular weight excluding hydrogens is 320 g/mol. The number of benzene rings is 2. The molecule has 24 heavy (non-hydrogen) atoms. The van der Waals surface area contributed by atoms with Gasteiger partial charge in [-0.25, -0.2) is 13.6 Å². The van der Waals surface area contributed by atoms with Crippen molar-refractivity contribution in [2.24, 2.45) is 0 Å². The molecule has 1 heterocycles. The molecule has 0 bridgehead atoms. The van der Waals surface area contributed by atoms with Crippen molar-refractivity contribution in [1.82, 2.24) is 4.57 Å². The molecule has 5 nitrogen and oxygen atoms in total. The molecular formula is C17H11F2NO4. The molecule has 1 N–H and O–H groups in total. The van der Waals surface area contributed by atoms with Crippen molar-refractivity contribution >= 4 is 16.9 Å². The lowest BCUT2D eigenvalue weighted by atomic mass is 10.1. The smallest absolute Gasteiger partial charge is 0.341 e. The Kier molecular flexibility index (Phi) is 3.76. The Morgan fingerprint density at radius 3 is 2.33 bits per heavy atom. The second kappa shape index (κ2) is 5.77. The maximum absolute atomic E-state index is 13.6. The quantitative estimate of drug-likeness (QED) is 0.801. The van der Waals surface area contributed by atoms with Crippen LogP contribution >= 0.6 is 0 Å². The normalized spacial score (nSPS) is 10.8. The van der Waals surface area contributed by atoms with Crippen LogP contribution in [0.2, 0.25) is 0 Å². The summed E-state index contributed by atoms with van der Waals surface area (Å²) >= 11 is 0. The van der Waals surface area contributed by atoms with Crippen molar-refractivity contribution in [2.45, 2.75) is 0 Å². The number of fused-ring (bicyclic) bond motifs is 1. The van der Waals surface area contributed by atoms with Crippen molar-refractivity contribution in [3.63, 3.8) is 0 Å². The number of aromatic nitrogens is 1. The van der Waals surface area contributed by atoms with Gasteiger partial charge in [-0.15, -0.1) is 0 Å². The number of hydrogen-bond acceptors (Lipinski definition) is 3. The van der Waals surface area contributed by atoms with E-state index in [1.165, 1.54) is 11.7 Å². The molecule has 0 aliphatic heterocycles. The van der Waals surface area contributed by atoms with E-state index in [-0.39, 0.29) is 10.9 Å². The average molecular weight is 331 g/mol. The Morgan fingerprint density at radius 2 is 1.75 bits per heavy atom. The first-order chi connectivity index (χ1) is 11.4. The van der Waals surface area contributed by atoms with E-state index in [9.17, 15) is 23.5 Å². The molecule has 0 aliphatic carbocycles. The van der Waals surface area contributed by atoms with Crippen LogP contribution in [0.3, 0.4) is 0 Å². The number of aromatic carboxylic acids is 1. The summed E-state index contributed by atoms with van der Waals surface area (Å²) in [4.78, 5) is 23.5. The largest absolute Gasteiger partial charge is 0.497 e. The number of hydrogen-bond donors (Lipinski definition) is 1. The summed E-state index contributed by atoms with van der Waals surface area (Å²) < 4.78 is 33.5. The van der Waals surface area contributed by atoms with Gasteiger partial charge in [0.25, 0.3) is 0 Å². The van der Waals surface area contributed by atoms with Gasteiger partial charge in [0.1, 0.15) is 11.3 Å². The molecule has 122 valence electrons. The molecule has 0 unspecified atom stereocenters. The zero-order valence-corrected chi connectivity index (χ0v) is 12.4. The maximum atomic E-state index is 13.6. The summed E-state index contributed by atoms with van der Waals surface area (Å²) in [6.07, 6.45) is 1.09. The molecule has 7 heteroatoms. The van der Waals surface area contributed by atoms with Gasteiger partial charge in [0, 0.05) is 18.0 Å². The zero-order valence-electron chi connectivity index (χ0n) is 12.4. The Balaban J connectivity index is 2.40. The number of carboxylic acid groups (broad SMARTS) is 1. The number of halogens is 2.